The monoisotopic (exact) mass is 599 g/mol. The maximum absolute atomic E-state index is 13.2. The van der Waals surface area contributed by atoms with Gasteiger partial charge >= 0.3 is 0 Å². The molecule has 0 fully saturated rings. The first-order valence-corrected chi connectivity index (χ1v) is 12.2. The van der Waals surface area contributed by atoms with Gasteiger partial charge in [0.2, 0.25) is 0 Å². The van der Waals surface area contributed by atoms with Crippen LogP contribution in [0.1, 0.15) is 20.7 Å². The molecule has 1 aromatic heterocycles. The van der Waals surface area contributed by atoms with Gasteiger partial charge in [0.05, 0.1) is 22.2 Å². The van der Waals surface area contributed by atoms with Crippen molar-refractivity contribution in [1.82, 2.24) is 10.3 Å². The highest BCUT2D eigenvalue weighted by molar-refractivity contribution is 9.11. The van der Waals surface area contributed by atoms with Gasteiger partial charge < -0.3 is 15.0 Å². The molecule has 1 N–H and O–H groups in total. The number of carbonyl (C=O) groups is 2. The van der Waals surface area contributed by atoms with E-state index in [1.165, 1.54) is 0 Å². The highest BCUT2D eigenvalue weighted by Gasteiger charge is 2.35. The molecule has 0 saturated heterocycles. The number of ether oxygens (including phenoxy) is 1. The number of fused-ring (bicyclic) bond motifs is 2. The van der Waals surface area contributed by atoms with Gasteiger partial charge in [0.1, 0.15) is 11.9 Å². The van der Waals surface area contributed by atoms with Gasteiger partial charge in [-0.05, 0) is 80.4 Å². The molecule has 0 aliphatic carbocycles. The first-order chi connectivity index (χ1) is 16.4. The summed E-state index contributed by atoms with van der Waals surface area (Å²) >= 11 is 12.9. The van der Waals surface area contributed by atoms with Crippen LogP contribution in [0.15, 0.2) is 93.3 Å². The Hall–Kier alpha value is -2.94. The summed E-state index contributed by atoms with van der Waals surface area (Å²) in [5, 5.41) is 3.49. The number of hydrogen-bond acceptors (Lipinski definition) is 5. The van der Waals surface area contributed by atoms with Crippen molar-refractivity contribution in [3.8, 4) is 5.75 Å². The quantitative estimate of drug-likeness (QED) is 0.402. The third-order valence-electron chi connectivity index (χ3n) is 5.43. The molecule has 1 amide bonds. The van der Waals surface area contributed by atoms with E-state index in [-0.39, 0.29) is 18.2 Å². The number of halogens is 3. The predicted octanol–water partition coefficient (Wildman–Crippen LogP) is 5.92. The molecule has 2 aliphatic heterocycles. The Morgan fingerprint density at radius 2 is 1.91 bits per heavy atom. The summed E-state index contributed by atoms with van der Waals surface area (Å²) in [6.45, 7) is 0.186. The maximum Gasteiger partial charge on any atom is 0.251 e. The number of pyridine rings is 1. The number of nitrogens with zero attached hydrogens (tertiary/aromatic N) is 2. The molecule has 2 aliphatic rings. The lowest BCUT2D eigenvalue weighted by Crippen LogP contribution is -2.39. The molecule has 3 heterocycles. The third-order valence-corrected chi connectivity index (χ3v) is 6.70. The third kappa shape index (κ3) is 4.41. The first kappa shape index (κ1) is 22.8. The zero-order valence-corrected chi connectivity index (χ0v) is 21.4. The molecule has 0 bridgehead atoms. The van der Waals surface area contributed by atoms with E-state index in [1.807, 2.05) is 24.3 Å². The number of ketones is 1. The van der Waals surface area contributed by atoms with E-state index in [0.717, 1.165) is 8.95 Å². The number of hydrogen-bond donors (Lipinski definition) is 1. The zero-order chi connectivity index (χ0) is 23.8. The Morgan fingerprint density at radius 3 is 2.68 bits per heavy atom. The van der Waals surface area contributed by atoms with Crippen molar-refractivity contribution in [2.45, 2.75) is 6.10 Å². The summed E-state index contributed by atoms with van der Waals surface area (Å²) in [6.07, 6.45) is 4.66. The molecule has 0 radical (unpaired) electrons. The minimum atomic E-state index is -0.574. The molecule has 0 unspecified atom stereocenters. The van der Waals surface area contributed by atoms with Gasteiger partial charge in [0.25, 0.3) is 5.91 Å². The zero-order valence-electron chi connectivity index (χ0n) is 17.5. The van der Waals surface area contributed by atoms with Crippen molar-refractivity contribution in [3.05, 3.63) is 109 Å². The molecule has 6 nitrogen and oxygen atoms in total. The smallest absolute Gasteiger partial charge is 0.251 e. The number of anilines is 1. The van der Waals surface area contributed by atoms with Gasteiger partial charge in [-0.1, -0.05) is 23.7 Å². The van der Waals surface area contributed by atoms with Crippen LogP contribution in [0.2, 0.25) is 5.02 Å². The second-order valence-electron chi connectivity index (χ2n) is 7.62. The molecule has 170 valence electrons. The van der Waals surface area contributed by atoms with Crippen molar-refractivity contribution in [2.24, 2.45) is 0 Å². The fourth-order valence-corrected chi connectivity index (χ4v) is 5.08. The minimum Gasteiger partial charge on any atom is -0.481 e. The van der Waals surface area contributed by atoms with E-state index < -0.39 is 6.10 Å². The van der Waals surface area contributed by atoms with E-state index in [4.69, 9.17) is 16.3 Å². The number of benzene rings is 2. The summed E-state index contributed by atoms with van der Waals surface area (Å²) < 4.78 is 7.64. The molecular weight excluding hydrogens is 586 g/mol. The number of rotatable bonds is 4. The Morgan fingerprint density at radius 1 is 1.15 bits per heavy atom. The normalized spacial score (nSPS) is 16.6. The van der Waals surface area contributed by atoms with Gasteiger partial charge in [-0.2, -0.15) is 0 Å². The van der Waals surface area contributed by atoms with Crippen LogP contribution in [-0.2, 0) is 0 Å². The average Bonchev–Trinajstić information content (AvgIpc) is 2.83. The minimum absolute atomic E-state index is 0.106. The van der Waals surface area contributed by atoms with Crippen molar-refractivity contribution >= 4 is 61.0 Å². The lowest BCUT2D eigenvalue weighted by molar-refractivity contribution is 0.0950. The Bertz CT molecular complexity index is 1370. The highest BCUT2D eigenvalue weighted by Crippen LogP contribution is 2.37. The number of Topliss-reactive ketones (excluding diaryl/α,β-unsaturated/α-hetero) is 1. The van der Waals surface area contributed by atoms with Gasteiger partial charge in [-0.3, -0.25) is 9.59 Å². The average molecular weight is 602 g/mol. The van der Waals surface area contributed by atoms with E-state index in [1.54, 1.807) is 53.7 Å². The lowest BCUT2D eigenvalue weighted by atomic mass is 9.93. The summed E-state index contributed by atoms with van der Waals surface area (Å²) in [5.74, 6) is 0.756. The Balaban J connectivity index is 1.49. The first-order valence-electron chi connectivity index (χ1n) is 10.3. The Labute approximate surface area is 217 Å². The maximum atomic E-state index is 13.2. The van der Waals surface area contributed by atoms with Crippen LogP contribution in [0.3, 0.4) is 0 Å². The van der Waals surface area contributed by atoms with E-state index >= 15 is 0 Å². The van der Waals surface area contributed by atoms with E-state index in [2.05, 4.69) is 42.2 Å². The summed E-state index contributed by atoms with van der Waals surface area (Å²) in [5.41, 5.74) is 2.20. The molecule has 2 aromatic carbocycles. The second kappa shape index (κ2) is 9.37. The van der Waals surface area contributed by atoms with Crippen LogP contribution in [0.4, 0.5) is 5.82 Å². The molecular formula is C25H16Br2ClN3O3. The highest BCUT2D eigenvalue weighted by atomic mass is 79.9. The van der Waals surface area contributed by atoms with E-state index in [0.29, 0.717) is 39.0 Å². The second-order valence-corrected chi connectivity index (χ2v) is 9.83. The Kier molecular flexibility index (Phi) is 6.29. The van der Waals surface area contributed by atoms with Gasteiger partial charge in [0, 0.05) is 33.2 Å². The lowest BCUT2D eigenvalue weighted by Gasteiger charge is -2.34. The summed E-state index contributed by atoms with van der Waals surface area (Å²) in [7, 11) is 0. The standard InChI is InChI=1S/C25H16Br2ClN3O3/c26-15-9-20(27)24(29-11-15)31-13-19-22(34-21-4-2-1-3-18(21)23(19)32)10-17(31)12-30-25(33)14-5-7-16(28)8-6-14/h1-11,13,22H,12H2,(H,30,33)/t22-/m1/s1. The number of nitrogens with one attached hydrogen (secondary N) is 1. The molecule has 0 spiro atoms. The molecule has 1 atom stereocenters. The van der Waals surface area contributed by atoms with Crippen LogP contribution >= 0.6 is 43.5 Å². The molecule has 3 aromatic rings. The van der Waals surface area contributed by atoms with Gasteiger partial charge in [0.15, 0.2) is 11.6 Å². The molecule has 0 saturated carbocycles. The van der Waals surface area contributed by atoms with Gasteiger partial charge in [-0.25, -0.2) is 4.98 Å². The molecule has 34 heavy (non-hydrogen) atoms. The topological polar surface area (TPSA) is 71.5 Å². The van der Waals surface area contributed by atoms with Gasteiger partial charge in [-0.15, -0.1) is 0 Å². The van der Waals surface area contributed by atoms with Crippen molar-refractivity contribution in [1.29, 1.82) is 0 Å². The van der Waals surface area contributed by atoms with Crippen LogP contribution < -0.4 is 15.0 Å². The van der Waals surface area contributed by atoms with Crippen LogP contribution in [-0.4, -0.2) is 29.3 Å². The SMILES string of the molecule is O=C(NCC1=C[C@H]2Oc3ccccc3C(=O)C2=CN1c1ncc(Br)cc1Br)c1ccc(Cl)cc1. The van der Waals surface area contributed by atoms with Crippen LogP contribution in [0.25, 0.3) is 0 Å². The summed E-state index contributed by atoms with van der Waals surface area (Å²) in [6, 6.07) is 15.7. The van der Waals surface area contributed by atoms with E-state index in [9.17, 15) is 9.59 Å². The van der Waals surface area contributed by atoms with Crippen molar-refractivity contribution < 1.29 is 14.3 Å². The fraction of sp³-hybridized carbons (Fsp3) is 0.0800. The molecule has 9 heteroatoms. The van der Waals surface area contributed by atoms with Crippen molar-refractivity contribution in [3.63, 3.8) is 0 Å². The number of para-hydroxylation sites is 1. The van der Waals surface area contributed by atoms with Crippen LogP contribution in [0, 0.1) is 0 Å². The predicted molar refractivity (Wildman–Crippen MR) is 137 cm³/mol. The number of amides is 1. The largest absolute Gasteiger partial charge is 0.481 e. The van der Waals surface area contributed by atoms with Crippen LogP contribution in [0.5, 0.6) is 5.75 Å². The summed E-state index contributed by atoms with van der Waals surface area (Å²) in [4.78, 5) is 32.3. The fourth-order valence-electron chi connectivity index (χ4n) is 3.77. The number of carbonyl (C=O) groups excluding carboxylic acids is 2. The molecule has 5 rings (SSSR count). The van der Waals surface area contributed by atoms with Crippen molar-refractivity contribution in [2.75, 3.05) is 11.4 Å². The number of aromatic nitrogens is 1.